The van der Waals surface area contributed by atoms with Crippen LogP contribution in [-0.2, 0) is 0 Å². The number of rotatable bonds is 4. The Morgan fingerprint density at radius 2 is 2.14 bits per heavy atom. The van der Waals surface area contributed by atoms with Crippen LogP contribution in [0.3, 0.4) is 0 Å². The number of benzene rings is 1. The minimum absolute atomic E-state index is 0.153. The zero-order valence-electron chi connectivity index (χ0n) is 12.3. The lowest BCUT2D eigenvalue weighted by Gasteiger charge is -2.10. The summed E-state index contributed by atoms with van der Waals surface area (Å²) in [7, 11) is 0. The van der Waals surface area contributed by atoms with Crippen molar-refractivity contribution in [2.24, 2.45) is 17.2 Å². The molecule has 1 aromatic carbocycles. The molecule has 0 radical (unpaired) electrons. The molecule has 3 rings (SSSR count). The number of fused-ring (bicyclic) bond motifs is 1. The number of amides is 1. The predicted molar refractivity (Wildman–Crippen MR) is 83.8 cm³/mol. The second kappa shape index (κ2) is 5.00. The highest BCUT2D eigenvalue weighted by Gasteiger charge is 2.45. The maximum atomic E-state index is 12.3. The van der Waals surface area contributed by atoms with E-state index in [1.54, 1.807) is 6.07 Å². The third kappa shape index (κ3) is 2.69. The van der Waals surface area contributed by atoms with Crippen molar-refractivity contribution in [3.8, 4) is 0 Å². The molecule has 1 unspecified atom stereocenters. The van der Waals surface area contributed by atoms with Crippen LogP contribution in [0.2, 0.25) is 0 Å². The minimum Gasteiger partial charge on any atom is -0.350 e. The maximum Gasteiger partial charge on any atom is 0.270 e. The zero-order chi connectivity index (χ0) is 15.0. The number of anilines is 1. The lowest BCUT2D eigenvalue weighted by atomic mass is 10.1. The molecule has 0 spiro atoms. The summed E-state index contributed by atoms with van der Waals surface area (Å²) in [5.41, 5.74) is 3.31. The lowest BCUT2D eigenvalue weighted by molar-refractivity contribution is 0.0946. The van der Waals surface area contributed by atoms with Gasteiger partial charge in [-0.1, -0.05) is 38.1 Å². The van der Waals surface area contributed by atoms with Gasteiger partial charge in [-0.3, -0.25) is 4.79 Å². The SMILES string of the molecule is CC1(C)CC1CNC(=O)c1cc2ccccc2c(NN)n1. The first kappa shape index (κ1) is 13.8. The van der Waals surface area contributed by atoms with Gasteiger partial charge in [0.2, 0.25) is 0 Å². The van der Waals surface area contributed by atoms with Crippen LogP contribution >= 0.6 is 0 Å². The van der Waals surface area contributed by atoms with E-state index < -0.39 is 0 Å². The fraction of sp³-hybridized carbons (Fsp3) is 0.375. The lowest BCUT2D eigenvalue weighted by Crippen LogP contribution is -2.27. The third-order valence-electron chi connectivity index (χ3n) is 4.34. The van der Waals surface area contributed by atoms with Gasteiger partial charge in [0, 0.05) is 11.9 Å². The van der Waals surface area contributed by atoms with Crippen molar-refractivity contribution >= 4 is 22.5 Å². The number of carbonyl (C=O) groups is 1. The monoisotopic (exact) mass is 284 g/mol. The largest absolute Gasteiger partial charge is 0.350 e. The molecule has 5 nitrogen and oxygen atoms in total. The molecule has 1 aliphatic carbocycles. The van der Waals surface area contributed by atoms with E-state index in [-0.39, 0.29) is 5.91 Å². The Hall–Kier alpha value is -2.14. The zero-order valence-corrected chi connectivity index (χ0v) is 12.3. The Kier molecular flexibility index (Phi) is 3.29. The molecule has 1 heterocycles. The van der Waals surface area contributed by atoms with Crippen molar-refractivity contribution < 1.29 is 4.79 Å². The van der Waals surface area contributed by atoms with Gasteiger partial charge in [0.15, 0.2) is 0 Å². The van der Waals surface area contributed by atoms with E-state index in [0.29, 0.717) is 29.4 Å². The molecule has 2 aromatic rings. The average Bonchev–Trinajstić information content (AvgIpc) is 3.10. The summed E-state index contributed by atoms with van der Waals surface area (Å²) in [6.45, 7) is 5.13. The van der Waals surface area contributed by atoms with Crippen LogP contribution < -0.4 is 16.6 Å². The van der Waals surface area contributed by atoms with Crippen LogP contribution in [0.5, 0.6) is 0 Å². The standard InChI is InChI=1S/C16H20N4O/c1-16(2)8-11(16)9-18-15(21)13-7-10-5-3-4-6-12(10)14(19-13)20-17/h3-7,11H,8-9,17H2,1-2H3,(H,18,21)(H,19,20). The number of hydrazine groups is 1. The van der Waals surface area contributed by atoms with Crippen molar-refractivity contribution in [3.63, 3.8) is 0 Å². The first-order chi connectivity index (χ1) is 10.0. The minimum atomic E-state index is -0.153. The quantitative estimate of drug-likeness (QED) is 0.594. The van der Waals surface area contributed by atoms with Gasteiger partial charge in [0.25, 0.3) is 5.91 Å². The van der Waals surface area contributed by atoms with Gasteiger partial charge in [-0.2, -0.15) is 0 Å². The third-order valence-corrected chi connectivity index (χ3v) is 4.34. The average molecular weight is 284 g/mol. The molecular weight excluding hydrogens is 264 g/mol. The van der Waals surface area contributed by atoms with Gasteiger partial charge in [0.1, 0.15) is 11.5 Å². The van der Waals surface area contributed by atoms with E-state index >= 15 is 0 Å². The number of hydrogen-bond donors (Lipinski definition) is 3. The number of nitrogens with two attached hydrogens (primary N) is 1. The first-order valence-corrected chi connectivity index (χ1v) is 7.16. The molecule has 1 aromatic heterocycles. The molecular formula is C16H20N4O. The Labute approximate surface area is 123 Å². The normalized spacial score (nSPS) is 19.3. The van der Waals surface area contributed by atoms with E-state index in [9.17, 15) is 4.79 Å². The van der Waals surface area contributed by atoms with Crippen LogP contribution in [0.4, 0.5) is 5.82 Å². The summed E-state index contributed by atoms with van der Waals surface area (Å²) in [5.74, 6) is 6.44. The predicted octanol–water partition coefficient (Wildman–Crippen LogP) is 2.30. The molecule has 1 amide bonds. The molecule has 5 heteroatoms. The molecule has 0 bridgehead atoms. The van der Waals surface area contributed by atoms with Gasteiger partial charge < -0.3 is 10.7 Å². The van der Waals surface area contributed by atoms with Gasteiger partial charge in [-0.15, -0.1) is 0 Å². The Morgan fingerprint density at radius 3 is 2.81 bits per heavy atom. The van der Waals surface area contributed by atoms with Crippen molar-refractivity contribution in [2.45, 2.75) is 20.3 Å². The molecule has 0 aliphatic heterocycles. The van der Waals surface area contributed by atoms with Gasteiger partial charge in [-0.05, 0) is 29.2 Å². The van der Waals surface area contributed by atoms with E-state index in [1.165, 1.54) is 0 Å². The summed E-state index contributed by atoms with van der Waals surface area (Å²) in [6.07, 6.45) is 1.16. The summed E-state index contributed by atoms with van der Waals surface area (Å²) in [4.78, 5) is 16.6. The number of nitrogens with zero attached hydrogens (tertiary/aromatic N) is 1. The fourth-order valence-electron chi connectivity index (χ4n) is 2.66. The Balaban J connectivity index is 1.81. The van der Waals surface area contributed by atoms with Crippen molar-refractivity contribution in [2.75, 3.05) is 12.0 Å². The van der Waals surface area contributed by atoms with Crippen LogP contribution in [0, 0.1) is 11.3 Å². The highest BCUT2D eigenvalue weighted by Crippen LogP contribution is 2.50. The number of aromatic nitrogens is 1. The summed E-state index contributed by atoms with van der Waals surface area (Å²) in [5, 5.41) is 4.81. The van der Waals surface area contributed by atoms with E-state index in [1.807, 2.05) is 24.3 Å². The van der Waals surface area contributed by atoms with Crippen molar-refractivity contribution in [1.29, 1.82) is 0 Å². The molecule has 1 saturated carbocycles. The molecule has 0 saturated heterocycles. The number of hydrogen-bond acceptors (Lipinski definition) is 4. The van der Waals surface area contributed by atoms with Gasteiger partial charge >= 0.3 is 0 Å². The molecule has 1 atom stereocenters. The molecule has 21 heavy (non-hydrogen) atoms. The van der Waals surface area contributed by atoms with Crippen LogP contribution in [0.15, 0.2) is 30.3 Å². The second-order valence-corrected chi connectivity index (χ2v) is 6.32. The molecule has 1 fully saturated rings. The van der Waals surface area contributed by atoms with E-state index in [0.717, 1.165) is 17.2 Å². The van der Waals surface area contributed by atoms with Crippen molar-refractivity contribution in [3.05, 3.63) is 36.0 Å². The molecule has 4 N–H and O–H groups in total. The maximum absolute atomic E-state index is 12.3. The number of nitrogen functional groups attached to an aromatic ring is 1. The molecule has 1 aliphatic rings. The Morgan fingerprint density at radius 1 is 1.43 bits per heavy atom. The topological polar surface area (TPSA) is 80.0 Å². The van der Waals surface area contributed by atoms with Gasteiger partial charge in [0.05, 0.1) is 0 Å². The highest BCUT2D eigenvalue weighted by atomic mass is 16.1. The number of nitrogens with one attached hydrogen (secondary N) is 2. The van der Waals surface area contributed by atoms with E-state index in [2.05, 4.69) is 29.6 Å². The highest BCUT2D eigenvalue weighted by molar-refractivity contribution is 6.00. The Bertz CT molecular complexity index is 696. The van der Waals surface area contributed by atoms with Crippen LogP contribution in [0.1, 0.15) is 30.8 Å². The summed E-state index contributed by atoms with van der Waals surface area (Å²) < 4.78 is 0. The second-order valence-electron chi connectivity index (χ2n) is 6.32. The smallest absolute Gasteiger partial charge is 0.270 e. The molecule has 110 valence electrons. The van der Waals surface area contributed by atoms with Gasteiger partial charge in [-0.25, -0.2) is 10.8 Å². The fourth-order valence-corrected chi connectivity index (χ4v) is 2.66. The summed E-state index contributed by atoms with van der Waals surface area (Å²) in [6, 6.07) is 9.50. The van der Waals surface area contributed by atoms with Crippen LogP contribution in [0.25, 0.3) is 10.8 Å². The van der Waals surface area contributed by atoms with Crippen molar-refractivity contribution in [1.82, 2.24) is 10.3 Å². The first-order valence-electron chi connectivity index (χ1n) is 7.16. The van der Waals surface area contributed by atoms with E-state index in [4.69, 9.17) is 5.84 Å². The summed E-state index contributed by atoms with van der Waals surface area (Å²) >= 11 is 0. The van der Waals surface area contributed by atoms with Crippen LogP contribution in [-0.4, -0.2) is 17.4 Å². The number of carbonyl (C=O) groups excluding carboxylic acids is 1. The number of pyridine rings is 1.